The van der Waals surface area contributed by atoms with Gasteiger partial charge in [0.2, 0.25) is 5.91 Å². The van der Waals surface area contributed by atoms with Gasteiger partial charge in [-0.2, -0.15) is 0 Å². The van der Waals surface area contributed by atoms with Crippen molar-refractivity contribution in [2.24, 2.45) is 0 Å². The number of fused-ring (bicyclic) bond motifs is 1. The lowest BCUT2D eigenvalue weighted by Gasteiger charge is -2.09. The second kappa shape index (κ2) is 6.67. The molecule has 0 atom stereocenters. The van der Waals surface area contributed by atoms with E-state index in [1.54, 1.807) is 29.6 Å². The van der Waals surface area contributed by atoms with Crippen LogP contribution in [0, 0.1) is 0 Å². The van der Waals surface area contributed by atoms with Crippen molar-refractivity contribution < 1.29 is 4.79 Å². The third-order valence-corrected chi connectivity index (χ3v) is 4.23. The number of hydrogen-bond donors (Lipinski definition) is 3. The van der Waals surface area contributed by atoms with Crippen LogP contribution in [0.4, 0.5) is 0 Å². The number of benzene rings is 1. The van der Waals surface area contributed by atoms with Gasteiger partial charge in [-0.25, -0.2) is 4.79 Å². The van der Waals surface area contributed by atoms with Crippen LogP contribution in [0.1, 0.15) is 12.1 Å². The molecule has 3 N–H and O–H groups in total. The van der Waals surface area contributed by atoms with Gasteiger partial charge in [-0.15, -0.1) is 0 Å². The van der Waals surface area contributed by atoms with E-state index < -0.39 is 11.2 Å². The molecule has 2 heterocycles. The number of amides is 1. The maximum Gasteiger partial charge on any atom is 0.328 e. The van der Waals surface area contributed by atoms with Crippen molar-refractivity contribution in [3.63, 3.8) is 0 Å². The van der Waals surface area contributed by atoms with E-state index in [0.29, 0.717) is 16.6 Å². The van der Waals surface area contributed by atoms with E-state index in [0.717, 1.165) is 11.3 Å². The Morgan fingerprint density at radius 3 is 2.71 bits per heavy atom. The normalized spacial score (nSPS) is 10.8. The zero-order chi connectivity index (χ0) is 17.1. The maximum atomic E-state index is 12.0. The molecule has 3 rings (SSSR count). The van der Waals surface area contributed by atoms with Crippen molar-refractivity contribution in [3.05, 3.63) is 65.8 Å². The molecule has 1 aromatic carbocycles. The molecule has 0 saturated heterocycles. The molecule has 24 heavy (non-hydrogen) atoms. The number of carbonyl (C=O) groups excluding carboxylic acids is 1. The van der Waals surface area contributed by atoms with Gasteiger partial charge in [0.1, 0.15) is 0 Å². The first-order valence-electron chi connectivity index (χ1n) is 7.20. The molecule has 0 aliphatic rings. The van der Waals surface area contributed by atoms with E-state index in [-0.39, 0.29) is 30.3 Å². The first kappa shape index (κ1) is 15.9. The van der Waals surface area contributed by atoms with Gasteiger partial charge in [0, 0.05) is 24.0 Å². The Balaban J connectivity index is 1.71. The molecule has 0 saturated carbocycles. The third-order valence-electron chi connectivity index (χ3n) is 3.51. The molecule has 0 spiro atoms. The van der Waals surface area contributed by atoms with Gasteiger partial charge in [0.15, 0.2) is 0 Å². The highest BCUT2D eigenvalue weighted by atomic mass is 32.1. The quantitative estimate of drug-likeness (QED) is 0.609. The predicted molar refractivity (Wildman–Crippen MR) is 90.2 cm³/mol. The SMILES string of the molecule is O=C(CCn1c(=O)[nH]c(=O)c2ccccc21)NCc1csc(=O)[nH]1. The maximum absolute atomic E-state index is 12.0. The number of nitrogens with one attached hydrogen (secondary N) is 3. The summed E-state index contributed by atoms with van der Waals surface area (Å²) in [5, 5.41) is 4.71. The standard InChI is InChI=1S/C15H14N4O4S/c20-12(16-7-9-8-24-15(23)17-9)5-6-19-11-4-2-1-3-10(11)13(21)18-14(19)22/h1-4,8H,5-7H2,(H,16,20)(H,17,23)(H,18,21,22). The minimum absolute atomic E-state index is 0.0737. The zero-order valence-electron chi connectivity index (χ0n) is 12.5. The first-order valence-corrected chi connectivity index (χ1v) is 8.08. The second-order valence-corrected chi connectivity index (χ2v) is 5.97. The summed E-state index contributed by atoms with van der Waals surface area (Å²) in [6, 6.07) is 6.72. The van der Waals surface area contributed by atoms with E-state index >= 15 is 0 Å². The molecule has 3 aromatic rings. The monoisotopic (exact) mass is 346 g/mol. The summed E-state index contributed by atoms with van der Waals surface area (Å²) >= 11 is 1.03. The molecule has 0 aliphatic heterocycles. The van der Waals surface area contributed by atoms with Crippen molar-refractivity contribution in [1.29, 1.82) is 0 Å². The molecule has 0 radical (unpaired) electrons. The summed E-state index contributed by atoms with van der Waals surface area (Å²) in [4.78, 5) is 51.4. The number of aromatic nitrogens is 3. The highest BCUT2D eigenvalue weighted by Gasteiger charge is 2.09. The van der Waals surface area contributed by atoms with E-state index in [1.807, 2.05) is 0 Å². The van der Waals surface area contributed by atoms with Gasteiger partial charge in [0.05, 0.1) is 17.4 Å². The number of aryl methyl sites for hydroxylation is 1. The Morgan fingerprint density at radius 2 is 1.96 bits per heavy atom. The van der Waals surface area contributed by atoms with Crippen molar-refractivity contribution >= 4 is 28.1 Å². The van der Waals surface area contributed by atoms with Crippen LogP contribution in [0.3, 0.4) is 0 Å². The largest absolute Gasteiger partial charge is 0.350 e. The molecule has 2 aromatic heterocycles. The van der Waals surface area contributed by atoms with Crippen LogP contribution in [-0.4, -0.2) is 20.4 Å². The van der Waals surface area contributed by atoms with Gasteiger partial charge in [-0.1, -0.05) is 23.5 Å². The van der Waals surface area contributed by atoms with Crippen LogP contribution in [0.5, 0.6) is 0 Å². The summed E-state index contributed by atoms with van der Waals surface area (Å²) in [5.74, 6) is -0.260. The summed E-state index contributed by atoms with van der Waals surface area (Å²) in [6.07, 6.45) is 0.0737. The van der Waals surface area contributed by atoms with Crippen molar-refractivity contribution in [1.82, 2.24) is 19.9 Å². The van der Waals surface area contributed by atoms with E-state index in [1.165, 1.54) is 4.57 Å². The van der Waals surface area contributed by atoms with Crippen LogP contribution in [0.15, 0.2) is 44.0 Å². The van der Waals surface area contributed by atoms with Crippen molar-refractivity contribution in [2.75, 3.05) is 0 Å². The molecule has 8 nitrogen and oxygen atoms in total. The van der Waals surface area contributed by atoms with Crippen LogP contribution in [0.25, 0.3) is 10.9 Å². The fourth-order valence-corrected chi connectivity index (χ4v) is 2.94. The number of carbonyl (C=O) groups is 1. The summed E-state index contributed by atoms with van der Waals surface area (Å²) in [6.45, 7) is 0.362. The Labute approximate surface area is 138 Å². The zero-order valence-corrected chi connectivity index (χ0v) is 13.3. The molecule has 9 heteroatoms. The Bertz CT molecular complexity index is 1060. The van der Waals surface area contributed by atoms with Crippen molar-refractivity contribution in [2.45, 2.75) is 19.5 Å². The summed E-state index contributed by atoms with van der Waals surface area (Å²) in [7, 11) is 0. The predicted octanol–water partition coefficient (Wildman–Crippen LogP) is 0.146. The number of H-pyrrole nitrogens is 2. The molecule has 0 bridgehead atoms. The lowest BCUT2D eigenvalue weighted by Crippen LogP contribution is -2.32. The van der Waals surface area contributed by atoms with Gasteiger partial charge in [-0.05, 0) is 12.1 Å². The fraction of sp³-hybridized carbons (Fsp3) is 0.200. The molecule has 0 unspecified atom stereocenters. The molecule has 1 amide bonds. The second-order valence-electron chi connectivity index (χ2n) is 5.13. The molecule has 0 fully saturated rings. The number of thiazole rings is 1. The Kier molecular flexibility index (Phi) is 4.43. The van der Waals surface area contributed by atoms with Gasteiger partial charge < -0.3 is 10.3 Å². The third kappa shape index (κ3) is 3.35. The lowest BCUT2D eigenvalue weighted by molar-refractivity contribution is -0.121. The molecular formula is C15H14N4O4S. The van der Waals surface area contributed by atoms with Crippen LogP contribution in [-0.2, 0) is 17.9 Å². The number of nitrogens with zero attached hydrogens (tertiary/aromatic N) is 1. The Hall–Kier alpha value is -2.94. The average Bonchev–Trinajstić information content (AvgIpc) is 2.98. The van der Waals surface area contributed by atoms with Crippen molar-refractivity contribution in [3.8, 4) is 0 Å². The summed E-state index contributed by atoms with van der Waals surface area (Å²) in [5.41, 5.74) is 0.123. The Morgan fingerprint density at radius 1 is 1.17 bits per heavy atom. The number of rotatable bonds is 5. The van der Waals surface area contributed by atoms with E-state index in [4.69, 9.17) is 0 Å². The van der Waals surface area contributed by atoms with E-state index in [9.17, 15) is 19.2 Å². The van der Waals surface area contributed by atoms with Crippen LogP contribution in [0.2, 0.25) is 0 Å². The molecule has 0 aliphatic carbocycles. The number of para-hydroxylation sites is 1. The summed E-state index contributed by atoms with van der Waals surface area (Å²) < 4.78 is 1.36. The minimum atomic E-state index is -0.548. The first-order chi connectivity index (χ1) is 11.5. The topological polar surface area (TPSA) is 117 Å². The number of hydrogen-bond acceptors (Lipinski definition) is 5. The van der Waals surface area contributed by atoms with Gasteiger partial charge >= 0.3 is 10.6 Å². The smallest absolute Gasteiger partial charge is 0.328 e. The van der Waals surface area contributed by atoms with Crippen LogP contribution >= 0.6 is 11.3 Å². The highest BCUT2D eigenvalue weighted by molar-refractivity contribution is 7.07. The fourth-order valence-electron chi connectivity index (χ4n) is 2.36. The lowest BCUT2D eigenvalue weighted by atomic mass is 10.2. The van der Waals surface area contributed by atoms with E-state index in [2.05, 4.69) is 15.3 Å². The highest BCUT2D eigenvalue weighted by Crippen LogP contribution is 2.07. The number of aromatic amines is 2. The van der Waals surface area contributed by atoms with Gasteiger partial charge in [-0.3, -0.25) is 23.9 Å². The molecular weight excluding hydrogens is 332 g/mol. The minimum Gasteiger partial charge on any atom is -0.350 e. The van der Waals surface area contributed by atoms with Gasteiger partial charge in [0.25, 0.3) is 5.56 Å². The van der Waals surface area contributed by atoms with Crippen LogP contribution < -0.4 is 21.4 Å². The average molecular weight is 346 g/mol. The molecule has 124 valence electrons.